The second kappa shape index (κ2) is 11.8. The smallest absolute Gasteiger partial charge is 0.323 e. The Morgan fingerprint density at radius 1 is 1.00 bits per heavy atom. The van der Waals surface area contributed by atoms with Crippen LogP contribution in [0, 0.1) is 6.92 Å². The number of hydrogen-bond donors (Lipinski definition) is 4. The molecule has 1 saturated heterocycles. The Bertz CT molecular complexity index is 1190. The number of hydrogen-bond acceptors (Lipinski definition) is 6. The van der Waals surface area contributed by atoms with Crippen LogP contribution in [0.5, 0.6) is 0 Å². The lowest BCUT2D eigenvalue weighted by atomic mass is 9.97. The van der Waals surface area contributed by atoms with E-state index in [1.807, 2.05) is 73.7 Å². The minimum atomic E-state index is -1.09. The summed E-state index contributed by atoms with van der Waals surface area (Å²) < 4.78 is 5.40. The second-order valence-electron chi connectivity index (χ2n) is 8.78. The zero-order valence-electron chi connectivity index (χ0n) is 20.2. The number of anilines is 2. The number of morpholine rings is 1. The molecule has 4 rings (SSSR count). The van der Waals surface area contributed by atoms with Gasteiger partial charge in [-0.3, -0.25) is 14.9 Å². The molecular formula is C28H31N3O5. The van der Waals surface area contributed by atoms with Crippen LogP contribution in [-0.2, 0) is 16.1 Å². The summed E-state index contributed by atoms with van der Waals surface area (Å²) in [7, 11) is 0. The van der Waals surface area contributed by atoms with Crippen LogP contribution >= 0.6 is 0 Å². The number of carboxylic acid groups (broad SMARTS) is 1. The van der Waals surface area contributed by atoms with Gasteiger partial charge in [-0.25, -0.2) is 0 Å². The summed E-state index contributed by atoms with van der Waals surface area (Å²) in [6.07, 6.45) is 0. The molecule has 0 saturated carbocycles. The van der Waals surface area contributed by atoms with Crippen molar-refractivity contribution < 1.29 is 24.5 Å². The van der Waals surface area contributed by atoms with Gasteiger partial charge in [0.1, 0.15) is 6.04 Å². The van der Waals surface area contributed by atoms with Crippen molar-refractivity contribution >= 4 is 23.3 Å². The predicted octanol–water partition coefficient (Wildman–Crippen LogP) is 3.29. The van der Waals surface area contributed by atoms with Crippen molar-refractivity contribution in [2.45, 2.75) is 19.5 Å². The molecule has 8 heteroatoms. The van der Waals surface area contributed by atoms with Gasteiger partial charge >= 0.3 is 5.97 Å². The monoisotopic (exact) mass is 489 g/mol. The largest absolute Gasteiger partial charge is 0.480 e. The summed E-state index contributed by atoms with van der Waals surface area (Å²) in [5, 5.41) is 24.0. The molecule has 8 nitrogen and oxygen atoms in total. The van der Waals surface area contributed by atoms with Crippen LogP contribution in [0.1, 0.15) is 21.5 Å². The minimum Gasteiger partial charge on any atom is -0.480 e. The van der Waals surface area contributed by atoms with Gasteiger partial charge in [-0.05, 0) is 65.6 Å². The molecule has 3 aromatic carbocycles. The van der Waals surface area contributed by atoms with Crippen molar-refractivity contribution in [2.75, 3.05) is 43.1 Å². The molecule has 1 fully saturated rings. The van der Waals surface area contributed by atoms with Crippen molar-refractivity contribution in [2.24, 2.45) is 0 Å². The number of ether oxygens (including phenoxy) is 1. The Balaban J connectivity index is 1.42. The lowest BCUT2D eigenvalue weighted by Gasteiger charge is -2.28. The first kappa shape index (κ1) is 25.4. The molecule has 188 valence electrons. The summed E-state index contributed by atoms with van der Waals surface area (Å²) >= 11 is 0. The van der Waals surface area contributed by atoms with E-state index in [1.165, 1.54) is 0 Å². The lowest BCUT2D eigenvalue weighted by molar-refractivity contribution is -0.140. The van der Waals surface area contributed by atoms with E-state index in [0.717, 1.165) is 59.9 Å². The lowest BCUT2D eigenvalue weighted by Crippen LogP contribution is -2.39. The van der Waals surface area contributed by atoms with Gasteiger partial charge in [0.15, 0.2) is 0 Å². The number of benzene rings is 3. The third-order valence-electron chi connectivity index (χ3n) is 6.30. The Morgan fingerprint density at radius 3 is 2.33 bits per heavy atom. The first-order valence-electron chi connectivity index (χ1n) is 12.0. The highest BCUT2D eigenvalue weighted by atomic mass is 16.5. The maximum absolute atomic E-state index is 13.0. The maximum atomic E-state index is 13.0. The fourth-order valence-corrected chi connectivity index (χ4v) is 4.13. The molecule has 4 N–H and O–H groups in total. The number of carbonyl (C=O) groups excluding carboxylic acids is 1. The van der Waals surface area contributed by atoms with Gasteiger partial charge < -0.3 is 25.2 Å². The van der Waals surface area contributed by atoms with Gasteiger partial charge in [-0.1, -0.05) is 30.3 Å². The first-order valence-corrected chi connectivity index (χ1v) is 12.0. The standard InChI is InChI=1S/C28H31N3O5/c1-19-2-5-22(27(33)30-23-8-10-24(11-9-23)31-12-14-36-15-13-31)16-25(19)21-6-3-20(4-7-21)17-29-26(18-32)28(34)35/h2-11,16,26,29,32H,12-15,17-18H2,1H3,(H,30,33)(H,34,35)/t26-/m0/s1. The molecular weight excluding hydrogens is 458 g/mol. The van der Waals surface area contributed by atoms with Gasteiger partial charge in [-0.2, -0.15) is 0 Å². The number of aryl methyl sites for hydroxylation is 1. The van der Waals surface area contributed by atoms with Crippen molar-refractivity contribution in [1.29, 1.82) is 0 Å². The normalized spacial score (nSPS) is 14.3. The quantitative estimate of drug-likeness (QED) is 0.365. The maximum Gasteiger partial charge on any atom is 0.323 e. The molecule has 1 amide bonds. The summed E-state index contributed by atoms with van der Waals surface area (Å²) in [5.74, 6) is -1.27. The molecule has 3 aromatic rings. The molecule has 0 aromatic heterocycles. The van der Waals surface area contributed by atoms with Crippen molar-refractivity contribution in [3.8, 4) is 11.1 Å². The van der Waals surface area contributed by atoms with Crippen LogP contribution in [0.25, 0.3) is 11.1 Å². The van der Waals surface area contributed by atoms with Crippen LogP contribution < -0.4 is 15.5 Å². The van der Waals surface area contributed by atoms with E-state index in [-0.39, 0.29) is 5.91 Å². The molecule has 0 radical (unpaired) electrons. The molecule has 0 aliphatic carbocycles. The number of aliphatic hydroxyl groups excluding tert-OH is 1. The third-order valence-corrected chi connectivity index (χ3v) is 6.30. The third kappa shape index (κ3) is 6.28. The number of aliphatic carboxylic acids is 1. The van der Waals surface area contributed by atoms with Crippen molar-refractivity contribution in [3.05, 3.63) is 83.4 Å². The molecule has 0 unspecified atom stereocenters. The number of carbonyl (C=O) groups is 2. The van der Waals surface area contributed by atoms with E-state index in [0.29, 0.717) is 12.1 Å². The van der Waals surface area contributed by atoms with Gasteiger partial charge in [0.2, 0.25) is 0 Å². The Morgan fingerprint density at radius 2 is 1.69 bits per heavy atom. The van der Waals surface area contributed by atoms with Crippen LogP contribution in [-0.4, -0.2) is 61.0 Å². The fraction of sp³-hybridized carbons (Fsp3) is 0.286. The van der Waals surface area contributed by atoms with Crippen molar-refractivity contribution in [3.63, 3.8) is 0 Å². The highest BCUT2D eigenvalue weighted by Crippen LogP contribution is 2.26. The highest BCUT2D eigenvalue weighted by molar-refractivity contribution is 6.05. The number of nitrogens with one attached hydrogen (secondary N) is 2. The molecule has 1 aliphatic rings. The Hall–Kier alpha value is -3.72. The van der Waals surface area contributed by atoms with E-state index in [1.54, 1.807) is 0 Å². The molecule has 36 heavy (non-hydrogen) atoms. The van der Waals surface area contributed by atoms with E-state index >= 15 is 0 Å². The number of aliphatic hydroxyl groups is 1. The summed E-state index contributed by atoms with van der Waals surface area (Å²) in [5.41, 5.74) is 6.25. The number of nitrogens with zero attached hydrogens (tertiary/aromatic N) is 1. The van der Waals surface area contributed by atoms with E-state index in [9.17, 15) is 9.59 Å². The average molecular weight is 490 g/mol. The number of rotatable bonds is 9. The molecule has 1 atom stereocenters. The van der Waals surface area contributed by atoms with Gasteiger partial charge in [-0.15, -0.1) is 0 Å². The highest BCUT2D eigenvalue weighted by Gasteiger charge is 2.15. The van der Waals surface area contributed by atoms with Gasteiger partial charge in [0.25, 0.3) is 5.91 Å². The average Bonchev–Trinajstić information content (AvgIpc) is 2.90. The molecule has 0 bridgehead atoms. The van der Waals surface area contributed by atoms with E-state index in [4.69, 9.17) is 14.9 Å². The number of carboxylic acids is 1. The predicted molar refractivity (Wildman–Crippen MR) is 139 cm³/mol. The fourth-order valence-electron chi connectivity index (χ4n) is 4.13. The molecule has 1 heterocycles. The minimum absolute atomic E-state index is 0.181. The van der Waals surface area contributed by atoms with Crippen LogP contribution in [0.15, 0.2) is 66.7 Å². The van der Waals surface area contributed by atoms with Crippen LogP contribution in [0.4, 0.5) is 11.4 Å². The SMILES string of the molecule is Cc1ccc(C(=O)Nc2ccc(N3CCOCC3)cc2)cc1-c1ccc(CN[C@@H](CO)C(=O)O)cc1. The van der Waals surface area contributed by atoms with E-state index in [2.05, 4.69) is 15.5 Å². The number of amides is 1. The molecule has 0 spiro atoms. The topological polar surface area (TPSA) is 111 Å². The van der Waals surface area contributed by atoms with Crippen LogP contribution in [0.3, 0.4) is 0 Å². The zero-order valence-corrected chi connectivity index (χ0v) is 20.2. The van der Waals surface area contributed by atoms with Crippen LogP contribution in [0.2, 0.25) is 0 Å². The van der Waals surface area contributed by atoms with Crippen molar-refractivity contribution in [1.82, 2.24) is 5.32 Å². The summed E-state index contributed by atoms with van der Waals surface area (Å²) in [4.78, 5) is 26.3. The first-order chi connectivity index (χ1) is 17.4. The van der Waals surface area contributed by atoms with E-state index < -0.39 is 18.6 Å². The Kier molecular flexibility index (Phi) is 8.32. The Labute approximate surface area is 210 Å². The summed E-state index contributed by atoms with van der Waals surface area (Å²) in [6, 6.07) is 20.2. The van der Waals surface area contributed by atoms with Gasteiger partial charge in [0, 0.05) is 36.6 Å². The summed E-state index contributed by atoms with van der Waals surface area (Å²) in [6.45, 7) is 5.02. The second-order valence-corrected chi connectivity index (χ2v) is 8.78. The zero-order chi connectivity index (χ0) is 25.5. The molecule has 1 aliphatic heterocycles. The van der Waals surface area contributed by atoms with Gasteiger partial charge in [0.05, 0.1) is 19.8 Å².